The van der Waals surface area contributed by atoms with Crippen molar-refractivity contribution in [1.29, 1.82) is 0 Å². The molecule has 0 aromatic heterocycles. The summed E-state index contributed by atoms with van der Waals surface area (Å²) in [6.45, 7) is 22.9. The van der Waals surface area contributed by atoms with Crippen molar-refractivity contribution >= 4 is 5.69 Å². The average molecular weight is 558 g/mol. The van der Waals surface area contributed by atoms with Crippen LogP contribution in [0.5, 0.6) is 0 Å². The molecule has 1 fully saturated rings. The lowest BCUT2D eigenvalue weighted by Crippen LogP contribution is -2.39. The first kappa shape index (κ1) is 30.4. The summed E-state index contributed by atoms with van der Waals surface area (Å²) >= 11 is 0. The minimum Gasteiger partial charge on any atom is -0.385 e. The van der Waals surface area contributed by atoms with Crippen molar-refractivity contribution < 1.29 is 4.39 Å². The lowest BCUT2D eigenvalue weighted by molar-refractivity contribution is 0.210. The number of anilines is 1. The van der Waals surface area contributed by atoms with Gasteiger partial charge in [-0.05, 0) is 99.5 Å². The van der Waals surface area contributed by atoms with Crippen molar-refractivity contribution in [3.63, 3.8) is 0 Å². The number of allylic oxidation sites excluding steroid dienone is 2. The SMILES string of the molecule is C=C(CC)Nc1cccc(C2CCN(CCCNC(=C)C3=C(CCC)NC(=C)N[C@@H]3c3ccc(F)c(C)c3)CC2)c1. The quantitative estimate of drug-likeness (QED) is 0.191. The fourth-order valence-electron chi connectivity index (χ4n) is 5.90. The van der Waals surface area contributed by atoms with Crippen LogP contribution < -0.4 is 21.3 Å². The number of hydrogen-bond acceptors (Lipinski definition) is 5. The van der Waals surface area contributed by atoms with Crippen LogP contribution in [0.3, 0.4) is 0 Å². The maximum atomic E-state index is 14.0. The van der Waals surface area contributed by atoms with Gasteiger partial charge in [0.25, 0.3) is 0 Å². The highest BCUT2D eigenvalue weighted by atomic mass is 19.1. The van der Waals surface area contributed by atoms with Gasteiger partial charge in [-0.25, -0.2) is 4.39 Å². The van der Waals surface area contributed by atoms with Gasteiger partial charge in [0.15, 0.2) is 0 Å². The Balaban J connectivity index is 1.30. The second-order valence-electron chi connectivity index (χ2n) is 11.4. The number of benzene rings is 2. The van der Waals surface area contributed by atoms with Crippen LogP contribution in [-0.2, 0) is 0 Å². The van der Waals surface area contributed by atoms with Crippen LogP contribution in [0.25, 0.3) is 0 Å². The van der Waals surface area contributed by atoms with Gasteiger partial charge in [-0.3, -0.25) is 0 Å². The van der Waals surface area contributed by atoms with Crippen LogP contribution in [0.1, 0.15) is 81.0 Å². The van der Waals surface area contributed by atoms with Gasteiger partial charge in [-0.15, -0.1) is 0 Å². The molecule has 5 nitrogen and oxygen atoms in total. The van der Waals surface area contributed by atoms with E-state index in [2.05, 4.69) is 84.0 Å². The molecule has 0 aliphatic carbocycles. The maximum Gasteiger partial charge on any atom is 0.126 e. The summed E-state index contributed by atoms with van der Waals surface area (Å²) in [4.78, 5) is 2.58. The smallest absolute Gasteiger partial charge is 0.126 e. The molecule has 2 aromatic rings. The summed E-state index contributed by atoms with van der Waals surface area (Å²) < 4.78 is 14.0. The van der Waals surface area contributed by atoms with E-state index < -0.39 is 0 Å². The molecule has 1 atom stereocenters. The Kier molecular flexibility index (Phi) is 10.7. The zero-order chi connectivity index (χ0) is 29.4. The van der Waals surface area contributed by atoms with E-state index in [9.17, 15) is 4.39 Å². The van der Waals surface area contributed by atoms with Crippen LogP contribution in [0.4, 0.5) is 10.1 Å². The minimum atomic E-state index is -0.189. The van der Waals surface area contributed by atoms with Gasteiger partial charge in [0, 0.05) is 34.9 Å². The van der Waals surface area contributed by atoms with Crippen molar-refractivity contribution in [1.82, 2.24) is 20.9 Å². The number of likely N-dealkylation sites (tertiary alicyclic amines) is 1. The second kappa shape index (κ2) is 14.4. The lowest BCUT2D eigenvalue weighted by atomic mass is 9.89. The van der Waals surface area contributed by atoms with E-state index in [4.69, 9.17) is 0 Å². The highest BCUT2D eigenvalue weighted by molar-refractivity contribution is 5.50. The molecule has 2 heterocycles. The molecular weight excluding hydrogens is 509 g/mol. The molecule has 0 amide bonds. The molecule has 0 saturated carbocycles. The first-order valence-corrected chi connectivity index (χ1v) is 15.2. The molecule has 41 heavy (non-hydrogen) atoms. The van der Waals surface area contributed by atoms with E-state index >= 15 is 0 Å². The maximum absolute atomic E-state index is 14.0. The molecule has 0 radical (unpaired) electrons. The number of halogens is 1. The number of piperidine rings is 1. The minimum absolute atomic E-state index is 0.127. The Labute approximate surface area is 246 Å². The Hall–Kier alpha value is -3.51. The van der Waals surface area contributed by atoms with Gasteiger partial charge in [-0.1, -0.05) is 64.3 Å². The van der Waals surface area contributed by atoms with Crippen molar-refractivity contribution in [2.24, 2.45) is 0 Å². The number of hydrogen-bond donors (Lipinski definition) is 4. The first-order chi connectivity index (χ1) is 19.8. The van der Waals surface area contributed by atoms with Gasteiger partial charge in [0.1, 0.15) is 5.82 Å². The summed E-state index contributed by atoms with van der Waals surface area (Å²) in [5.41, 5.74) is 8.41. The van der Waals surface area contributed by atoms with E-state index in [0.29, 0.717) is 11.5 Å². The van der Waals surface area contributed by atoms with Crippen LogP contribution in [0.2, 0.25) is 0 Å². The molecular formula is C35H48FN5. The third-order valence-corrected chi connectivity index (χ3v) is 8.26. The summed E-state index contributed by atoms with van der Waals surface area (Å²) in [5.74, 6) is 1.18. The summed E-state index contributed by atoms with van der Waals surface area (Å²) in [6.07, 6.45) is 6.26. The molecule has 4 rings (SSSR count). The van der Waals surface area contributed by atoms with E-state index in [1.54, 1.807) is 13.0 Å². The lowest BCUT2D eigenvalue weighted by Gasteiger charge is -2.35. The Morgan fingerprint density at radius 2 is 1.85 bits per heavy atom. The summed E-state index contributed by atoms with van der Waals surface area (Å²) in [7, 11) is 0. The van der Waals surface area contributed by atoms with Crippen molar-refractivity contribution in [2.45, 2.75) is 71.3 Å². The standard InChI is InChI=1S/C35H48FN5/c1-7-11-33-34(35(40-27(6)39-33)30-14-15-32(36)24(3)22-30)26(5)37-18-10-19-41-20-16-28(17-21-41)29-12-9-13-31(23-29)38-25(4)8-2/h9,12-15,22-23,28,35,37-40H,4-8,10-11,16-21H2,1-3H3/t35-/m1/s1. The molecule has 2 aliphatic rings. The molecule has 6 heteroatoms. The molecule has 0 unspecified atom stereocenters. The summed E-state index contributed by atoms with van der Waals surface area (Å²) in [6, 6.07) is 14.0. The van der Waals surface area contributed by atoms with Crippen LogP contribution >= 0.6 is 0 Å². The second-order valence-corrected chi connectivity index (χ2v) is 11.4. The number of rotatable bonds is 13. The topological polar surface area (TPSA) is 51.4 Å². The highest BCUT2D eigenvalue weighted by Crippen LogP contribution is 2.34. The molecule has 1 saturated heterocycles. The normalized spacial score (nSPS) is 18.0. The molecule has 2 aromatic carbocycles. The van der Waals surface area contributed by atoms with E-state index in [0.717, 1.165) is 91.6 Å². The number of aryl methyl sites for hydroxylation is 1. The monoisotopic (exact) mass is 557 g/mol. The van der Waals surface area contributed by atoms with Crippen LogP contribution in [-0.4, -0.2) is 31.1 Å². The van der Waals surface area contributed by atoms with E-state index in [1.807, 2.05) is 12.1 Å². The fourth-order valence-corrected chi connectivity index (χ4v) is 5.90. The number of nitrogens with zero attached hydrogens (tertiary/aromatic N) is 1. The molecule has 0 bridgehead atoms. The van der Waals surface area contributed by atoms with Gasteiger partial charge in [0.05, 0.1) is 11.9 Å². The zero-order valence-corrected chi connectivity index (χ0v) is 25.2. The zero-order valence-electron chi connectivity index (χ0n) is 25.2. The third kappa shape index (κ3) is 8.04. The molecule has 0 spiro atoms. The first-order valence-electron chi connectivity index (χ1n) is 15.2. The van der Waals surface area contributed by atoms with Gasteiger partial charge in [0.2, 0.25) is 0 Å². The largest absolute Gasteiger partial charge is 0.385 e. The Morgan fingerprint density at radius 3 is 2.56 bits per heavy atom. The predicted octanol–water partition coefficient (Wildman–Crippen LogP) is 7.60. The summed E-state index contributed by atoms with van der Waals surface area (Å²) in [5, 5.41) is 13.9. The van der Waals surface area contributed by atoms with Crippen LogP contribution in [0.15, 0.2) is 90.7 Å². The Bertz CT molecular complexity index is 1270. The Morgan fingerprint density at radius 1 is 1.07 bits per heavy atom. The van der Waals surface area contributed by atoms with E-state index in [-0.39, 0.29) is 11.9 Å². The average Bonchev–Trinajstić information content (AvgIpc) is 2.97. The number of nitrogens with one attached hydrogen (secondary N) is 4. The van der Waals surface area contributed by atoms with Gasteiger partial charge in [-0.2, -0.15) is 0 Å². The van der Waals surface area contributed by atoms with Gasteiger partial charge >= 0.3 is 0 Å². The molecule has 220 valence electrons. The van der Waals surface area contributed by atoms with Gasteiger partial charge < -0.3 is 26.2 Å². The predicted molar refractivity (Wildman–Crippen MR) is 171 cm³/mol. The fraction of sp³-hybridized carbons (Fsp3) is 0.429. The molecule has 2 aliphatic heterocycles. The highest BCUT2D eigenvalue weighted by Gasteiger charge is 2.28. The van der Waals surface area contributed by atoms with Crippen LogP contribution in [0, 0.1) is 12.7 Å². The third-order valence-electron chi connectivity index (χ3n) is 8.26. The van der Waals surface area contributed by atoms with E-state index in [1.165, 1.54) is 18.4 Å². The van der Waals surface area contributed by atoms with Crippen molar-refractivity contribution in [3.05, 3.63) is 113 Å². The van der Waals surface area contributed by atoms with Crippen molar-refractivity contribution in [2.75, 3.05) is 31.5 Å². The van der Waals surface area contributed by atoms with Crippen molar-refractivity contribution in [3.8, 4) is 0 Å². The molecule has 4 N–H and O–H groups in total.